The van der Waals surface area contributed by atoms with Crippen molar-refractivity contribution in [1.29, 1.82) is 0 Å². The van der Waals surface area contributed by atoms with Crippen molar-refractivity contribution in [3.8, 4) is 11.5 Å². The second-order valence-corrected chi connectivity index (χ2v) is 7.40. The van der Waals surface area contributed by atoms with Crippen LogP contribution < -0.4 is 9.47 Å². The van der Waals surface area contributed by atoms with Crippen LogP contribution >= 0.6 is 39.0 Å². The fourth-order valence-electron chi connectivity index (χ4n) is 1.70. The summed E-state index contributed by atoms with van der Waals surface area (Å²) in [5.74, 6) is 2.69. The van der Waals surface area contributed by atoms with Crippen molar-refractivity contribution in [1.82, 2.24) is 0 Å². The maximum Gasteiger partial charge on any atom is 0.162 e. The van der Waals surface area contributed by atoms with E-state index in [-0.39, 0.29) is 0 Å². The highest BCUT2D eigenvalue weighted by molar-refractivity contribution is 9.11. The Morgan fingerprint density at radius 2 is 1.94 bits per heavy atom. The smallest absolute Gasteiger partial charge is 0.162 e. The van der Waals surface area contributed by atoms with Gasteiger partial charge in [-0.05, 0) is 46.3 Å². The molecule has 1 aliphatic heterocycles. The Kier molecular flexibility index (Phi) is 3.82. The lowest BCUT2D eigenvalue weighted by Gasteiger charge is -2.18. The van der Waals surface area contributed by atoms with Crippen LogP contribution in [0.2, 0.25) is 0 Å². The summed E-state index contributed by atoms with van der Waals surface area (Å²) in [7, 11) is 0. The fraction of sp³-hybridized carbons (Fsp3) is 0.231. The molecule has 1 aliphatic rings. The molecule has 2 nitrogen and oxygen atoms in total. The van der Waals surface area contributed by atoms with Gasteiger partial charge >= 0.3 is 0 Å². The number of thioether (sulfide) groups is 1. The normalized spacial score (nSPS) is 13.6. The van der Waals surface area contributed by atoms with Crippen LogP contribution in [-0.2, 0) is 5.75 Å². The predicted molar refractivity (Wildman–Crippen MR) is 79.0 cm³/mol. The van der Waals surface area contributed by atoms with E-state index in [1.54, 1.807) is 11.3 Å². The molecule has 2 aromatic rings. The molecule has 2 heterocycles. The molecule has 0 radical (unpaired) electrons. The van der Waals surface area contributed by atoms with E-state index in [0.717, 1.165) is 17.3 Å². The number of hydrogen-bond acceptors (Lipinski definition) is 4. The number of benzene rings is 1. The zero-order chi connectivity index (χ0) is 12.4. The van der Waals surface area contributed by atoms with E-state index in [1.165, 1.54) is 13.6 Å². The number of halogens is 1. The Hall–Kier alpha value is -0.650. The van der Waals surface area contributed by atoms with E-state index in [4.69, 9.17) is 9.47 Å². The van der Waals surface area contributed by atoms with Gasteiger partial charge in [0, 0.05) is 15.5 Å². The van der Waals surface area contributed by atoms with E-state index in [0.29, 0.717) is 13.2 Å². The lowest BCUT2D eigenvalue weighted by atomic mass is 10.3. The summed E-state index contributed by atoms with van der Waals surface area (Å²) in [5, 5.41) is 0. The summed E-state index contributed by atoms with van der Waals surface area (Å²) < 4.78 is 12.3. The highest BCUT2D eigenvalue weighted by Gasteiger charge is 2.11. The van der Waals surface area contributed by atoms with Crippen LogP contribution in [0.5, 0.6) is 11.5 Å². The molecule has 1 aromatic heterocycles. The lowest BCUT2D eigenvalue weighted by Crippen LogP contribution is -2.15. The molecule has 3 rings (SSSR count). The first-order chi connectivity index (χ1) is 8.81. The Morgan fingerprint density at radius 1 is 1.11 bits per heavy atom. The second-order valence-electron chi connectivity index (χ2n) is 3.80. The first-order valence-corrected chi connectivity index (χ1v) is 8.17. The molecular formula is C13H11BrO2S2. The molecule has 0 bridgehead atoms. The summed E-state index contributed by atoms with van der Waals surface area (Å²) >= 11 is 7.07. The number of thiophene rings is 1. The van der Waals surface area contributed by atoms with Gasteiger partial charge in [0.2, 0.25) is 0 Å². The molecule has 0 saturated heterocycles. The molecule has 0 fully saturated rings. The van der Waals surface area contributed by atoms with Crippen LogP contribution in [-0.4, -0.2) is 13.2 Å². The van der Waals surface area contributed by atoms with Crippen molar-refractivity contribution >= 4 is 39.0 Å². The van der Waals surface area contributed by atoms with Gasteiger partial charge in [-0.2, -0.15) is 0 Å². The molecule has 0 aliphatic carbocycles. The summed E-state index contributed by atoms with van der Waals surface area (Å²) in [5.41, 5.74) is 0. The lowest BCUT2D eigenvalue weighted by molar-refractivity contribution is 0.171. The molecule has 18 heavy (non-hydrogen) atoms. The zero-order valence-corrected chi connectivity index (χ0v) is 12.7. The largest absolute Gasteiger partial charge is 0.486 e. The average molecular weight is 343 g/mol. The van der Waals surface area contributed by atoms with Crippen molar-refractivity contribution in [3.05, 3.63) is 39.0 Å². The van der Waals surface area contributed by atoms with Gasteiger partial charge in [-0.25, -0.2) is 0 Å². The minimum absolute atomic E-state index is 0.638. The Balaban J connectivity index is 1.69. The molecule has 0 saturated carbocycles. The van der Waals surface area contributed by atoms with Gasteiger partial charge in [0.05, 0.1) is 3.79 Å². The molecule has 94 valence electrons. The van der Waals surface area contributed by atoms with Crippen molar-refractivity contribution < 1.29 is 9.47 Å². The van der Waals surface area contributed by atoms with E-state index >= 15 is 0 Å². The van der Waals surface area contributed by atoms with Crippen LogP contribution in [0, 0.1) is 0 Å². The third kappa shape index (κ3) is 2.84. The molecule has 0 amide bonds. The summed E-state index contributed by atoms with van der Waals surface area (Å²) in [6, 6.07) is 10.4. The average Bonchev–Trinajstić information content (AvgIpc) is 2.82. The predicted octanol–water partition coefficient (Wildman–Crippen LogP) is 4.57. The molecule has 0 N–H and O–H groups in total. The van der Waals surface area contributed by atoms with Crippen LogP contribution in [0.3, 0.4) is 0 Å². The summed E-state index contributed by atoms with van der Waals surface area (Å²) in [6.07, 6.45) is 0. The fourth-order valence-corrected chi connectivity index (χ4v) is 4.15. The second kappa shape index (κ2) is 5.55. The monoisotopic (exact) mass is 342 g/mol. The molecule has 0 spiro atoms. The minimum Gasteiger partial charge on any atom is -0.486 e. The summed E-state index contributed by atoms with van der Waals surface area (Å²) in [6.45, 7) is 1.28. The highest BCUT2D eigenvalue weighted by atomic mass is 79.9. The van der Waals surface area contributed by atoms with Gasteiger partial charge in [-0.3, -0.25) is 0 Å². The SMILES string of the molecule is Brc1ccc(CSc2ccc3c(c2)OCCO3)s1. The van der Waals surface area contributed by atoms with Crippen molar-refractivity contribution in [2.75, 3.05) is 13.2 Å². The van der Waals surface area contributed by atoms with Crippen LogP contribution in [0.4, 0.5) is 0 Å². The Bertz CT molecular complexity index is 554. The molecule has 0 atom stereocenters. The van der Waals surface area contributed by atoms with Crippen molar-refractivity contribution in [2.24, 2.45) is 0 Å². The van der Waals surface area contributed by atoms with Gasteiger partial charge in [0.1, 0.15) is 13.2 Å². The van der Waals surface area contributed by atoms with Gasteiger partial charge in [0.15, 0.2) is 11.5 Å². The third-order valence-electron chi connectivity index (χ3n) is 2.52. The van der Waals surface area contributed by atoms with Gasteiger partial charge in [0.25, 0.3) is 0 Å². The number of ether oxygens (including phenoxy) is 2. The molecular weight excluding hydrogens is 332 g/mol. The quantitative estimate of drug-likeness (QED) is 0.761. The Labute approximate surface area is 122 Å². The minimum atomic E-state index is 0.638. The van der Waals surface area contributed by atoms with Gasteiger partial charge in [-0.1, -0.05) is 0 Å². The number of rotatable bonds is 3. The van der Waals surface area contributed by atoms with E-state index in [9.17, 15) is 0 Å². The van der Waals surface area contributed by atoms with Crippen LogP contribution in [0.1, 0.15) is 4.88 Å². The maximum atomic E-state index is 5.58. The van der Waals surface area contributed by atoms with Gasteiger partial charge < -0.3 is 9.47 Å². The van der Waals surface area contributed by atoms with E-state index in [2.05, 4.69) is 40.2 Å². The first kappa shape index (κ1) is 12.4. The zero-order valence-electron chi connectivity index (χ0n) is 9.52. The highest BCUT2D eigenvalue weighted by Crippen LogP contribution is 2.36. The third-order valence-corrected chi connectivity index (χ3v) is 5.37. The van der Waals surface area contributed by atoms with Crippen LogP contribution in [0.15, 0.2) is 39.0 Å². The van der Waals surface area contributed by atoms with Crippen molar-refractivity contribution in [3.63, 3.8) is 0 Å². The van der Waals surface area contributed by atoms with Crippen molar-refractivity contribution in [2.45, 2.75) is 10.6 Å². The molecule has 5 heteroatoms. The topological polar surface area (TPSA) is 18.5 Å². The van der Waals surface area contributed by atoms with Crippen LogP contribution in [0.25, 0.3) is 0 Å². The maximum absolute atomic E-state index is 5.58. The number of hydrogen-bond donors (Lipinski definition) is 0. The molecule has 0 unspecified atom stereocenters. The van der Waals surface area contributed by atoms with E-state index < -0.39 is 0 Å². The first-order valence-electron chi connectivity index (χ1n) is 5.58. The summed E-state index contributed by atoms with van der Waals surface area (Å²) in [4.78, 5) is 2.57. The number of fused-ring (bicyclic) bond motifs is 1. The van der Waals surface area contributed by atoms with E-state index in [1.807, 2.05) is 17.8 Å². The Morgan fingerprint density at radius 3 is 2.72 bits per heavy atom. The standard InChI is InChI=1S/C13H11BrO2S2/c14-13-4-2-10(18-13)8-17-9-1-3-11-12(7-9)16-6-5-15-11/h1-4,7H,5-6,8H2. The molecule has 1 aromatic carbocycles. The van der Waals surface area contributed by atoms with Gasteiger partial charge in [-0.15, -0.1) is 23.1 Å².